The molecule has 3 N–H and O–H groups in total. The minimum atomic E-state index is -2.15. The Balaban J connectivity index is 5.15. The first-order valence-corrected chi connectivity index (χ1v) is 6.59. The Labute approximate surface area is 109 Å². The lowest BCUT2D eigenvalue weighted by atomic mass is 9.82. The van der Waals surface area contributed by atoms with Gasteiger partial charge in [0.1, 0.15) is 5.76 Å². The highest BCUT2D eigenvalue weighted by Crippen LogP contribution is 2.26. The lowest BCUT2D eigenvalue weighted by molar-refractivity contribution is -0.145. The highest BCUT2D eigenvalue weighted by atomic mass is 16.4. The highest BCUT2D eigenvalue weighted by molar-refractivity contribution is 5.92. The fraction of sp³-hybridized carbons (Fsp3) is 0.786. The Morgan fingerprint density at radius 3 is 2.17 bits per heavy atom. The van der Waals surface area contributed by atoms with E-state index in [4.69, 9.17) is 0 Å². The topological polar surface area (TPSA) is 77.8 Å². The third-order valence-corrected chi connectivity index (χ3v) is 3.27. The zero-order chi connectivity index (χ0) is 14.3. The number of Topliss-reactive ketones (excluding diaryl/α,β-unsaturated/α-hetero) is 1. The van der Waals surface area contributed by atoms with Crippen LogP contribution in [0.5, 0.6) is 0 Å². The summed E-state index contributed by atoms with van der Waals surface area (Å²) in [5.74, 6) is -1.24. The number of carbonyl (C=O) groups is 1. The summed E-state index contributed by atoms with van der Waals surface area (Å²) >= 11 is 0. The van der Waals surface area contributed by atoms with Gasteiger partial charge in [-0.3, -0.25) is 4.79 Å². The number of ketones is 1. The summed E-state index contributed by atoms with van der Waals surface area (Å²) in [5, 5.41) is 29.3. The standard InChI is InChI=1S/C14H26O4/c1-5-7-8-11(6-2)13(17)14(18,9-15)12(16)10(3)4/h11,15-16,18H,5-9H2,1-4H3. The summed E-state index contributed by atoms with van der Waals surface area (Å²) in [7, 11) is 0. The molecule has 0 aliphatic rings. The summed E-state index contributed by atoms with van der Waals surface area (Å²) in [6, 6.07) is 0. The Kier molecular flexibility index (Phi) is 7.18. The van der Waals surface area contributed by atoms with Gasteiger partial charge in [-0.2, -0.15) is 0 Å². The van der Waals surface area contributed by atoms with Crippen molar-refractivity contribution in [1.29, 1.82) is 0 Å². The van der Waals surface area contributed by atoms with Crippen LogP contribution in [0.2, 0.25) is 0 Å². The van der Waals surface area contributed by atoms with Crippen molar-refractivity contribution in [3.63, 3.8) is 0 Å². The summed E-state index contributed by atoms with van der Waals surface area (Å²) in [5.41, 5.74) is -1.71. The van der Waals surface area contributed by atoms with E-state index in [0.29, 0.717) is 18.4 Å². The van der Waals surface area contributed by atoms with Gasteiger partial charge in [-0.1, -0.05) is 26.7 Å². The largest absolute Gasteiger partial charge is 0.509 e. The minimum absolute atomic E-state index is 0.330. The molecule has 4 nitrogen and oxygen atoms in total. The van der Waals surface area contributed by atoms with Gasteiger partial charge in [-0.15, -0.1) is 0 Å². The number of aliphatic hydroxyl groups excluding tert-OH is 2. The van der Waals surface area contributed by atoms with Crippen molar-refractivity contribution in [3.8, 4) is 0 Å². The fourth-order valence-electron chi connectivity index (χ4n) is 1.99. The van der Waals surface area contributed by atoms with Crippen LogP contribution in [-0.4, -0.2) is 33.3 Å². The van der Waals surface area contributed by atoms with Crippen molar-refractivity contribution < 1.29 is 20.1 Å². The molecule has 0 aromatic heterocycles. The molecule has 18 heavy (non-hydrogen) atoms. The molecule has 0 heterocycles. The Morgan fingerprint density at radius 2 is 1.83 bits per heavy atom. The van der Waals surface area contributed by atoms with Gasteiger partial charge in [0.2, 0.25) is 5.60 Å². The van der Waals surface area contributed by atoms with E-state index in [2.05, 4.69) is 0 Å². The molecule has 0 aromatic rings. The van der Waals surface area contributed by atoms with Gasteiger partial charge in [-0.25, -0.2) is 0 Å². The molecule has 4 heteroatoms. The first-order valence-electron chi connectivity index (χ1n) is 6.59. The molecular formula is C14H26O4. The molecule has 0 spiro atoms. The number of unbranched alkanes of at least 4 members (excludes halogenated alkanes) is 1. The lowest BCUT2D eigenvalue weighted by Gasteiger charge is -2.28. The van der Waals surface area contributed by atoms with Crippen LogP contribution in [0.4, 0.5) is 0 Å². The number of carbonyl (C=O) groups excluding carboxylic acids is 1. The molecule has 106 valence electrons. The van der Waals surface area contributed by atoms with Crippen molar-refractivity contribution in [3.05, 3.63) is 11.3 Å². The predicted molar refractivity (Wildman–Crippen MR) is 71.4 cm³/mol. The molecule has 0 saturated heterocycles. The van der Waals surface area contributed by atoms with Gasteiger partial charge in [0, 0.05) is 5.92 Å². The van der Waals surface area contributed by atoms with E-state index >= 15 is 0 Å². The third kappa shape index (κ3) is 3.82. The van der Waals surface area contributed by atoms with E-state index in [-0.39, 0.29) is 5.92 Å². The number of hydrogen-bond acceptors (Lipinski definition) is 4. The summed E-state index contributed by atoms with van der Waals surface area (Å²) < 4.78 is 0. The molecule has 0 fully saturated rings. The number of allylic oxidation sites excluding steroid dienone is 1. The van der Waals surface area contributed by atoms with Crippen molar-refractivity contribution in [2.45, 2.75) is 59.0 Å². The number of rotatable bonds is 8. The maximum Gasteiger partial charge on any atom is 0.203 e. The molecule has 0 rings (SSSR count). The minimum Gasteiger partial charge on any atom is -0.509 e. The first kappa shape index (κ1) is 17.1. The zero-order valence-electron chi connectivity index (χ0n) is 11.9. The Morgan fingerprint density at radius 1 is 1.28 bits per heavy atom. The molecule has 0 amide bonds. The predicted octanol–water partition coefficient (Wildman–Crippen LogP) is 2.35. The SMILES string of the molecule is CCCCC(CC)C(=O)C(O)(CO)C(O)=C(C)C. The molecule has 2 unspecified atom stereocenters. The quantitative estimate of drug-likeness (QED) is 0.584. The van der Waals surface area contributed by atoms with Gasteiger partial charge in [0.15, 0.2) is 5.78 Å². The Bertz CT molecular complexity index is 305. The van der Waals surface area contributed by atoms with Crippen molar-refractivity contribution in [2.24, 2.45) is 5.92 Å². The zero-order valence-corrected chi connectivity index (χ0v) is 11.9. The summed E-state index contributed by atoms with van der Waals surface area (Å²) in [4.78, 5) is 12.3. The van der Waals surface area contributed by atoms with Gasteiger partial charge in [0.05, 0.1) is 6.61 Å². The smallest absolute Gasteiger partial charge is 0.203 e. The molecular weight excluding hydrogens is 232 g/mol. The maximum absolute atomic E-state index is 12.3. The summed E-state index contributed by atoms with van der Waals surface area (Å²) in [6.45, 7) is 6.30. The van der Waals surface area contributed by atoms with Gasteiger partial charge in [0.25, 0.3) is 0 Å². The second-order valence-corrected chi connectivity index (χ2v) is 4.98. The summed E-state index contributed by atoms with van der Waals surface area (Å²) in [6.07, 6.45) is 3.12. The van der Waals surface area contributed by atoms with E-state index in [1.165, 1.54) is 0 Å². The van der Waals surface area contributed by atoms with Gasteiger partial charge < -0.3 is 15.3 Å². The second-order valence-electron chi connectivity index (χ2n) is 4.98. The number of hydrogen-bond donors (Lipinski definition) is 3. The lowest BCUT2D eigenvalue weighted by Crippen LogP contribution is -2.48. The molecule has 0 aliphatic heterocycles. The van der Waals surface area contributed by atoms with Crippen LogP contribution >= 0.6 is 0 Å². The van der Waals surface area contributed by atoms with Crippen molar-refractivity contribution in [2.75, 3.05) is 6.61 Å². The van der Waals surface area contributed by atoms with Crippen LogP contribution in [-0.2, 0) is 4.79 Å². The molecule has 2 atom stereocenters. The van der Waals surface area contributed by atoms with Crippen LogP contribution < -0.4 is 0 Å². The average molecular weight is 258 g/mol. The van der Waals surface area contributed by atoms with E-state index in [1.54, 1.807) is 13.8 Å². The fourth-order valence-corrected chi connectivity index (χ4v) is 1.99. The van der Waals surface area contributed by atoms with Gasteiger partial charge in [-0.05, 0) is 32.3 Å². The van der Waals surface area contributed by atoms with Crippen molar-refractivity contribution in [1.82, 2.24) is 0 Å². The number of aliphatic hydroxyl groups is 3. The molecule has 0 aliphatic carbocycles. The van der Waals surface area contributed by atoms with Crippen LogP contribution in [0.25, 0.3) is 0 Å². The molecule has 0 saturated carbocycles. The van der Waals surface area contributed by atoms with Crippen molar-refractivity contribution >= 4 is 5.78 Å². The van der Waals surface area contributed by atoms with Crippen LogP contribution in [0.3, 0.4) is 0 Å². The molecule has 0 radical (unpaired) electrons. The van der Waals surface area contributed by atoms with E-state index in [9.17, 15) is 20.1 Å². The average Bonchev–Trinajstić information content (AvgIpc) is 2.37. The third-order valence-electron chi connectivity index (χ3n) is 3.27. The monoisotopic (exact) mass is 258 g/mol. The van der Waals surface area contributed by atoms with Crippen LogP contribution in [0.1, 0.15) is 53.4 Å². The Hall–Kier alpha value is -0.870. The molecule has 0 bridgehead atoms. The van der Waals surface area contributed by atoms with E-state index in [0.717, 1.165) is 12.8 Å². The maximum atomic E-state index is 12.3. The van der Waals surface area contributed by atoms with E-state index in [1.807, 2.05) is 13.8 Å². The normalized spacial score (nSPS) is 15.9. The van der Waals surface area contributed by atoms with E-state index < -0.39 is 23.8 Å². The van der Waals surface area contributed by atoms with Crippen LogP contribution in [0.15, 0.2) is 11.3 Å². The first-order chi connectivity index (χ1) is 8.34. The second kappa shape index (κ2) is 7.54. The molecule has 0 aromatic carbocycles. The van der Waals surface area contributed by atoms with Crippen LogP contribution in [0, 0.1) is 5.92 Å². The van der Waals surface area contributed by atoms with Gasteiger partial charge >= 0.3 is 0 Å². The highest BCUT2D eigenvalue weighted by Gasteiger charge is 2.43.